The molecule has 1 fully saturated rings. The number of amides is 1. The Labute approximate surface area is 220 Å². The topological polar surface area (TPSA) is 92.7 Å². The molecule has 37 heavy (non-hydrogen) atoms. The number of aliphatic carboxylic acids is 1. The quantitative estimate of drug-likeness (QED) is 0.342. The molecule has 6 nitrogen and oxygen atoms in total. The first kappa shape index (κ1) is 28.2. The average Bonchev–Trinajstić information content (AvgIpc) is 3.39. The summed E-state index contributed by atoms with van der Waals surface area (Å²) >= 11 is 0. The largest absolute Gasteiger partial charge is 0.481 e. The van der Waals surface area contributed by atoms with Crippen molar-refractivity contribution in [3.05, 3.63) is 77.9 Å². The van der Waals surface area contributed by atoms with Gasteiger partial charge in [-0.15, -0.1) is 0 Å². The lowest BCUT2D eigenvalue weighted by atomic mass is 9.82. The fourth-order valence-corrected chi connectivity index (χ4v) is 4.89. The molecule has 0 bridgehead atoms. The molecule has 0 radical (unpaired) electrons. The molecule has 1 saturated carbocycles. The lowest BCUT2D eigenvalue weighted by Gasteiger charge is -2.27. The van der Waals surface area contributed by atoms with Crippen LogP contribution in [0.2, 0.25) is 0 Å². The van der Waals surface area contributed by atoms with E-state index in [0.717, 1.165) is 36.8 Å². The van der Waals surface area contributed by atoms with Gasteiger partial charge >= 0.3 is 11.9 Å². The van der Waals surface area contributed by atoms with Crippen LogP contribution >= 0.6 is 0 Å². The van der Waals surface area contributed by atoms with Gasteiger partial charge in [0.1, 0.15) is 12.1 Å². The molecule has 0 aromatic heterocycles. The first-order valence-electron chi connectivity index (χ1n) is 13.3. The second-order valence-corrected chi connectivity index (χ2v) is 10.3. The number of allylic oxidation sites excluding steroid dienone is 1. The smallest absolute Gasteiger partial charge is 0.329 e. The van der Waals surface area contributed by atoms with Gasteiger partial charge in [0.15, 0.2) is 0 Å². The highest BCUT2D eigenvalue weighted by Gasteiger charge is 2.36. The molecule has 2 N–H and O–H groups in total. The van der Waals surface area contributed by atoms with Gasteiger partial charge in [0, 0.05) is 6.42 Å². The van der Waals surface area contributed by atoms with Gasteiger partial charge in [0.05, 0.1) is 11.8 Å². The minimum absolute atomic E-state index is 0.105. The number of carbonyl (C=O) groups is 3. The number of carboxylic acid groups (broad SMARTS) is 1. The lowest BCUT2D eigenvalue weighted by Crippen LogP contribution is -2.48. The van der Waals surface area contributed by atoms with Crippen molar-refractivity contribution >= 4 is 23.9 Å². The van der Waals surface area contributed by atoms with Crippen molar-refractivity contribution in [2.24, 2.45) is 17.8 Å². The number of ether oxygens (including phenoxy) is 1. The summed E-state index contributed by atoms with van der Waals surface area (Å²) in [5, 5.41) is 13.0. The van der Waals surface area contributed by atoms with Crippen molar-refractivity contribution in [2.45, 2.75) is 70.9 Å². The van der Waals surface area contributed by atoms with Crippen LogP contribution in [0.3, 0.4) is 0 Å². The Morgan fingerprint density at radius 3 is 2.19 bits per heavy atom. The van der Waals surface area contributed by atoms with E-state index in [4.69, 9.17) is 4.74 Å². The van der Waals surface area contributed by atoms with Gasteiger partial charge in [-0.2, -0.15) is 0 Å². The Balaban J connectivity index is 1.78. The van der Waals surface area contributed by atoms with Gasteiger partial charge in [-0.3, -0.25) is 9.59 Å². The molecular formula is C31H39NO5. The van der Waals surface area contributed by atoms with E-state index in [1.165, 1.54) is 0 Å². The van der Waals surface area contributed by atoms with Crippen LogP contribution in [-0.4, -0.2) is 35.1 Å². The van der Waals surface area contributed by atoms with Crippen LogP contribution in [0.5, 0.6) is 0 Å². The number of benzene rings is 2. The summed E-state index contributed by atoms with van der Waals surface area (Å²) in [6.45, 7) is 3.93. The third-order valence-electron chi connectivity index (χ3n) is 6.83. The molecule has 0 heterocycles. The summed E-state index contributed by atoms with van der Waals surface area (Å²) < 4.78 is 5.75. The predicted molar refractivity (Wildman–Crippen MR) is 145 cm³/mol. The number of carboxylic acids is 1. The highest BCUT2D eigenvalue weighted by Crippen LogP contribution is 2.26. The number of esters is 1. The van der Waals surface area contributed by atoms with E-state index in [2.05, 4.69) is 5.32 Å². The summed E-state index contributed by atoms with van der Waals surface area (Å²) in [5.74, 6) is -3.48. The zero-order valence-electron chi connectivity index (χ0n) is 21.8. The van der Waals surface area contributed by atoms with Crippen molar-refractivity contribution in [2.75, 3.05) is 0 Å². The maximum atomic E-state index is 13.6. The Bertz CT molecular complexity index is 1030. The van der Waals surface area contributed by atoms with Gasteiger partial charge in [0.2, 0.25) is 5.91 Å². The van der Waals surface area contributed by atoms with Crippen LogP contribution in [0.4, 0.5) is 0 Å². The van der Waals surface area contributed by atoms with E-state index in [1.807, 2.05) is 86.7 Å². The Hall–Kier alpha value is -3.41. The minimum Gasteiger partial charge on any atom is -0.481 e. The van der Waals surface area contributed by atoms with E-state index in [1.54, 1.807) is 0 Å². The van der Waals surface area contributed by atoms with E-state index in [-0.39, 0.29) is 24.9 Å². The van der Waals surface area contributed by atoms with Crippen molar-refractivity contribution in [3.8, 4) is 0 Å². The van der Waals surface area contributed by atoms with Crippen LogP contribution in [0, 0.1) is 17.8 Å². The molecule has 0 saturated heterocycles. The monoisotopic (exact) mass is 505 g/mol. The standard InChI is InChI=1S/C31H39NO5/c1-22(2)20-27(26(30(34)35)19-11-16-23-12-5-3-6-13-23)29(33)32-28(21-24-14-7-4-8-15-24)31(36)37-25-17-9-10-18-25/h3-8,11-16,22,25-28H,9-10,17-21H2,1-2H3,(H,32,33)(H,34,35)/t26-,27+,28-/m0/s1. The second-order valence-electron chi connectivity index (χ2n) is 10.3. The van der Waals surface area contributed by atoms with Crippen LogP contribution < -0.4 is 5.32 Å². The maximum absolute atomic E-state index is 13.6. The van der Waals surface area contributed by atoms with Gasteiger partial charge in [0.25, 0.3) is 0 Å². The van der Waals surface area contributed by atoms with Crippen molar-refractivity contribution in [3.63, 3.8) is 0 Å². The third kappa shape index (κ3) is 9.19. The van der Waals surface area contributed by atoms with Crippen LogP contribution in [0.25, 0.3) is 6.08 Å². The average molecular weight is 506 g/mol. The fourth-order valence-electron chi connectivity index (χ4n) is 4.89. The number of hydrogen-bond acceptors (Lipinski definition) is 4. The predicted octanol–water partition coefficient (Wildman–Crippen LogP) is 5.67. The number of nitrogens with one attached hydrogen (secondary N) is 1. The highest BCUT2D eigenvalue weighted by molar-refractivity contribution is 5.89. The van der Waals surface area contributed by atoms with Gasteiger partial charge in [-0.05, 0) is 55.6 Å². The zero-order chi connectivity index (χ0) is 26.6. The van der Waals surface area contributed by atoms with Crippen LogP contribution in [0.15, 0.2) is 66.7 Å². The molecule has 198 valence electrons. The molecule has 3 rings (SSSR count). The fraction of sp³-hybridized carbons (Fsp3) is 0.452. The summed E-state index contributed by atoms with van der Waals surface area (Å²) in [4.78, 5) is 39.1. The molecular weight excluding hydrogens is 466 g/mol. The normalized spacial score (nSPS) is 16.4. The molecule has 0 aliphatic heterocycles. The van der Waals surface area contributed by atoms with Crippen molar-refractivity contribution in [1.29, 1.82) is 0 Å². The van der Waals surface area contributed by atoms with E-state index >= 15 is 0 Å². The third-order valence-corrected chi connectivity index (χ3v) is 6.83. The summed E-state index contributed by atoms with van der Waals surface area (Å²) in [7, 11) is 0. The molecule has 6 heteroatoms. The van der Waals surface area contributed by atoms with Gasteiger partial charge in [-0.1, -0.05) is 86.7 Å². The summed E-state index contributed by atoms with van der Waals surface area (Å²) in [6.07, 6.45) is 8.19. The van der Waals surface area contributed by atoms with Crippen molar-refractivity contribution < 1.29 is 24.2 Å². The zero-order valence-corrected chi connectivity index (χ0v) is 21.8. The molecule has 1 aliphatic rings. The first-order chi connectivity index (χ1) is 17.8. The Kier molecular flexibility index (Phi) is 10.9. The van der Waals surface area contributed by atoms with E-state index < -0.39 is 35.7 Å². The summed E-state index contributed by atoms with van der Waals surface area (Å²) in [6, 6.07) is 18.2. The molecule has 1 aliphatic carbocycles. The number of carbonyl (C=O) groups excluding carboxylic acids is 2. The highest BCUT2D eigenvalue weighted by atomic mass is 16.5. The molecule has 1 amide bonds. The van der Waals surface area contributed by atoms with Crippen LogP contribution in [-0.2, 0) is 25.5 Å². The molecule has 2 aromatic rings. The molecule has 0 unspecified atom stereocenters. The lowest BCUT2D eigenvalue weighted by molar-refractivity contribution is -0.154. The van der Waals surface area contributed by atoms with Crippen molar-refractivity contribution in [1.82, 2.24) is 5.32 Å². The molecule has 0 spiro atoms. The maximum Gasteiger partial charge on any atom is 0.329 e. The Morgan fingerprint density at radius 2 is 1.59 bits per heavy atom. The SMILES string of the molecule is CC(C)C[C@@H](C(=O)N[C@@H](Cc1ccccc1)C(=O)OC1CCCC1)[C@H](CC=Cc1ccccc1)C(=O)O. The van der Waals surface area contributed by atoms with Gasteiger partial charge in [-0.25, -0.2) is 4.79 Å². The second kappa shape index (κ2) is 14.4. The van der Waals surface area contributed by atoms with Gasteiger partial charge < -0.3 is 15.2 Å². The van der Waals surface area contributed by atoms with E-state index in [0.29, 0.717) is 6.42 Å². The Morgan fingerprint density at radius 1 is 0.973 bits per heavy atom. The van der Waals surface area contributed by atoms with E-state index in [9.17, 15) is 19.5 Å². The minimum atomic E-state index is -1.02. The summed E-state index contributed by atoms with van der Waals surface area (Å²) in [5.41, 5.74) is 1.87. The first-order valence-corrected chi connectivity index (χ1v) is 13.3. The number of rotatable bonds is 13. The number of hydrogen-bond donors (Lipinski definition) is 2. The molecule has 3 atom stereocenters. The molecule has 2 aromatic carbocycles. The van der Waals surface area contributed by atoms with Crippen LogP contribution in [0.1, 0.15) is 63.5 Å².